The second-order valence-electron chi connectivity index (χ2n) is 19.1. The monoisotopic (exact) mass is 997 g/mol. The molecule has 0 aliphatic rings. The SMILES string of the molecule is CCCCCCCCCCCCCCOc1ccc(OC(=O)c2ccc(OC(=O)c3ccc(C)c(OC(=O)c4ccc(OC(=O)c5ccc(OCCCCCCCCCCCCCC)cc5)cc4)c3)cc2)cc1. The lowest BCUT2D eigenvalue weighted by atomic mass is 10.1. The highest BCUT2D eigenvalue weighted by Crippen LogP contribution is 2.25. The Bertz CT molecular complexity index is 2350. The van der Waals surface area contributed by atoms with Crippen molar-refractivity contribution >= 4 is 23.9 Å². The van der Waals surface area contributed by atoms with E-state index in [0.29, 0.717) is 35.8 Å². The summed E-state index contributed by atoms with van der Waals surface area (Å²) in [6.07, 6.45) is 31.0. The summed E-state index contributed by atoms with van der Waals surface area (Å²) in [5.41, 5.74) is 1.64. The Balaban J connectivity index is 0.966. The molecule has 0 N–H and O–H groups in total. The van der Waals surface area contributed by atoms with E-state index in [4.69, 9.17) is 28.4 Å². The summed E-state index contributed by atoms with van der Waals surface area (Å²) in [7, 11) is 0. The van der Waals surface area contributed by atoms with Crippen molar-refractivity contribution in [2.24, 2.45) is 0 Å². The molecule has 0 aromatic heterocycles. The van der Waals surface area contributed by atoms with Crippen LogP contribution in [0.25, 0.3) is 0 Å². The second-order valence-corrected chi connectivity index (χ2v) is 19.1. The van der Waals surface area contributed by atoms with Crippen LogP contribution in [-0.2, 0) is 0 Å². The number of rotatable bonds is 36. The van der Waals surface area contributed by atoms with Crippen molar-refractivity contribution in [3.8, 4) is 34.5 Å². The van der Waals surface area contributed by atoms with Crippen LogP contribution in [0.3, 0.4) is 0 Å². The third-order valence-electron chi connectivity index (χ3n) is 12.9. The minimum atomic E-state index is -0.683. The molecule has 73 heavy (non-hydrogen) atoms. The quantitative estimate of drug-likeness (QED) is 0.0218. The molecule has 5 aromatic rings. The number of esters is 4. The smallest absolute Gasteiger partial charge is 0.343 e. The summed E-state index contributed by atoms with van der Waals surface area (Å²) in [6, 6.07) is 30.6. The third-order valence-corrected chi connectivity index (χ3v) is 12.9. The van der Waals surface area contributed by atoms with Crippen molar-refractivity contribution < 1.29 is 47.6 Å². The molecule has 0 saturated heterocycles. The van der Waals surface area contributed by atoms with Gasteiger partial charge in [0.1, 0.15) is 34.5 Å². The highest BCUT2D eigenvalue weighted by molar-refractivity contribution is 5.95. The second kappa shape index (κ2) is 34.1. The van der Waals surface area contributed by atoms with Crippen molar-refractivity contribution in [1.29, 1.82) is 0 Å². The van der Waals surface area contributed by atoms with Crippen molar-refractivity contribution in [2.45, 2.75) is 175 Å². The fourth-order valence-corrected chi connectivity index (χ4v) is 8.37. The van der Waals surface area contributed by atoms with Gasteiger partial charge in [-0.1, -0.05) is 161 Å². The van der Waals surface area contributed by atoms with Crippen LogP contribution in [0, 0.1) is 6.92 Å². The Morgan fingerprint density at radius 3 is 0.918 bits per heavy atom. The molecule has 0 spiro atoms. The van der Waals surface area contributed by atoms with Crippen LogP contribution in [0.5, 0.6) is 34.5 Å². The summed E-state index contributed by atoms with van der Waals surface area (Å²) < 4.78 is 34.2. The molecule has 0 aliphatic carbocycles. The maximum Gasteiger partial charge on any atom is 0.343 e. The van der Waals surface area contributed by atoms with Gasteiger partial charge in [-0.05, 0) is 135 Å². The third kappa shape index (κ3) is 22.5. The number of unbranched alkanes of at least 4 members (excludes halogenated alkanes) is 22. The molecule has 10 heteroatoms. The average Bonchev–Trinajstić information content (AvgIpc) is 3.40. The fourth-order valence-electron chi connectivity index (χ4n) is 8.37. The van der Waals surface area contributed by atoms with Gasteiger partial charge in [-0.2, -0.15) is 0 Å². The first-order valence-corrected chi connectivity index (χ1v) is 27.4. The number of benzene rings is 5. The predicted molar refractivity (Wildman–Crippen MR) is 290 cm³/mol. The van der Waals surface area contributed by atoms with Gasteiger partial charge in [0.25, 0.3) is 0 Å². The van der Waals surface area contributed by atoms with Gasteiger partial charge in [-0.25, -0.2) is 19.2 Å². The molecule has 0 bridgehead atoms. The minimum absolute atomic E-state index is 0.153. The minimum Gasteiger partial charge on any atom is -0.494 e. The van der Waals surface area contributed by atoms with Crippen molar-refractivity contribution in [3.05, 3.63) is 143 Å². The first kappa shape index (κ1) is 57.5. The number of carbonyl (C=O) groups excluding carboxylic acids is 4. The molecule has 0 aliphatic heterocycles. The van der Waals surface area contributed by atoms with Crippen molar-refractivity contribution in [3.63, 3.8) is 0 Å². The highest BCUT2D eigenvalue weighted by atomic mass is 16.5. The molecule has 0 atom stereocenters. The molecule has 10 nitrogen and oxygen atoms in total. The molecule has 5 rings (SSSR count). The molecule has 0 heterocycles. The van der Waals surface area contributed by atoms with Gasteiger partial charge in [0, 0.05) is 0 Å². The molecule has 0 amide bonds. The van der Waals surface area contributed by atoms with Gasteiger partial charge < -0.3 is 28.4 Å². The number of ether oxygens (including phenoxy) is 6. The van der Waals surface area contributed by atoms with E-state index in [9.17, 15) is 19.2 Å². The zero-order valence-corrected chi connectivity index (χ0v) is 43.9. The molecule has 0 radical (unpaired) electrons. The summed E-state index contributed by atoms with van der Waals surface area (Å²) in [4.78, 5) is 52.1. The molecule has 0 unspecified atom stereocenters. The summed E-state index contributed by atoms with van der Waals surface area (Å²) in [6.45, 7) is 7.55. The van der Waals surface area contributed by atoms with E-state index in [1.165, 1.54) is 183 Å². The maximum absolute atomic E-state index is 13.2. The lowest BCUT2D eigenvalue weighted by molar-refractivity contribution is 0.0712. The maximum atomic E-state index is 13.2. The van der Waals surface area contributed by atoms with E-state index in [2.05, 4.69) is 13.8 Å². The number of hydrogen-bond acceptors (Lipinski definition) is 10. The fraction of sp³-hybridized carbons (Fsp3) is 0.460. The van der Waals surface area contributed by atoms with E-state index >= 15 is 0 Å². The Kier molecular flexibility index (Phi) is 26.8. The van der Waals surface area contributed by atoms with E-state index in [0.717, 1.165) is 31.4 Å². The Hall–Kier alpha value is -6.42. The highest BCUT2D eigenvalue weighted by Gasteiger charge is 2.17. The number of hydrogen-bond donors (Lipinski definition) is 0. The van der Waals surface area contributed by atoms with Crippen LogP contribution in [0.1, 0.15) is 215 Å². The van der Waals surface area contributed by atoms with Gasteiger partial charge in [-0.15, -0.1) is 0 Å². The van der Waals surface area contributed by atoms with E-state index in [1.807, 2.05) is 0 Å². The lowest BCUT2D eigenvalue weighted by Crippen LogP contribution is -2.13. The van der Waals surface area contributed by atoms with Crippen LogP contribution in [0.2, 0.25) is 0 Å². The molecular weight excluding hydrogens is 917 g/mol. The van der Waals surface area contributed by atoms with Crippen LogP contribution >= 0.6 is 0 Å². The molecule has 0 fully saturated rings. The topological polar surface area (TPSA) is 124 Å². The molecule has 5 aromatic carbocycles. The molecule has 392 valence electrons. The molecule has 0 saturated carbocycles. The summed E-state index contributed by atoms with van der Waals surface area (Å²) in [5.74, 6) is 0.0108. The zero-order valence-electron chi connectivity index (χ0n) is 43.9. The number of aryl methyl sites for hydroxylation is 1. The van der Waals surface area contributed by atoms with Gasteiger partial charge in [0.15, 0.2) is 0 Å². The summed E-state index contributed by atoms with van der Waals surface area (Å²) in [5, 5.41) is 0. The van der Waals surface area contributed by atoms with Crippen molar-refractivity contribution in [1.82, 2.24) is 0 Å². The Morgan fingerprint density at radius 1 is 0.301 bits per heavy atom. The van der Waals surface area contributed by atoms with Gasteiger partial charge >= 0.3 is 23.9 Å². The van der Waals surface area contributed by atoms with Crippen LogP contribution in [-0.4, -0.2) is 37.1 Å². The summed E-state index contributed by atoms with van der Waals surface area (Å²) >= 11 is 0. The Labute approximate surface area is 435 Å². The van der Waals surface area contributed by atoms with Crippen LogP contribution in [0.4, 0.5) is 0 Å². The van der Waals surface area contributed by atoms with Crippen molar-refractivity contribution in [2.75, 3.05) is 13.2 Å². The molecular formula is C63H80O10. The normalized spacial score (nSPS) is 10.9. The van der Waals surface area contributed by atoms with Gasteiger partial charge in [0.05, 0.1) is 35.5 Å². The van der Waals surface area contributed by atoms with E-state index in [1.54, 1.807) is 67.6 Å². The van der Waals surface area contributed by atoms with E-state index < -0.39 is 23.9 Å². The number of carbonyl (C=O) groups is 4. The van der Waals surface area contributed by atoms with Gasteiger partial charge in [-0.3, -0.25) is 0 Å². The van der Waals surface area contributed by atoms with Crippen LogP contribution < -0.4 is 28.4 Å². The van der Waals surface area contributed by atoms with Crippen LogP contribution in [0.15, 0.2) is 115 Å². The standard InChI is InChI=1S/C63H80O10/c1-4-6-8-10-12-14-16-18-20-22-24-26-46-68-54-36-30-50(31-37-54)60(64)70-56-40-34-52(35-41-56)62(66)73-59-48-53(29-28-49(59)3)63(67)72-57-38-32-51(33-39-57)61(65)71-58-44-42-55(43-45-58)69-47-27-25-23-21-19-17-15-13-11-9-7-5-2/h28-45,48H,4-27,46-47H2,1-3H3. The largest absolute Gasteiger partial charge is 0.494 e. The van der Waals surface area contributed by atoms with E-state index in [-0.39, 0.29) is 33.9 Å². The van der Waals surface area contributed by atoms with Gasteiger partial charge in [0.2, 0.25) is 0 Å². The first-order chi connectivity index (χ1) is 35.7. The first-order valence-electron chi connectivity index (χ1n) is 27.4. The zero-order chi connectivity index (χ0) is 51.7. The Morgan fingerprint density at radius 2 is 0.562 bits per heavy atom. The lowest BCUT2D eigenvalue weighted by Gasteiger charge is -2.11. The predicted octanol–water partition coefficient (Wildman–Crippen LogP) is 17.0. The average molecular weight is 997 g/mol.